The summed E-state index contributed by atoms with van der Waals surface area (Å²) in [5, 5.41) is 33.7. The largest absolute Gasteiger partial charge is 0.496 e. The minimum Gasteiger partial charge on any atom is -0.496 e. The van der Waals surface area contributed by atoms with Crippen molar-refractivity contribution in [2.75, 3.05) is 14.2 Å². The van der Waals surface area contributed by atoms with Crippen LogP contribution in [-0.4, -0.2) is 69.6 Å². The van der Waals surface area contributed by atoms with Crippen molar-refractivity contribution >= 4 is 66.4 Å². The first-order chi connectivity index (χ1) is 30.0. The molecule has 4 N–H and O–H groups in total. The van der Waals surface area contributed by atoms with Gasteiger partial charge in [0.05, 0.1) is 58.7 Å². The predicted octanol–water partition coefficient (Wildman–Crippen LogP) is 11.4. The number of aryl methyl sites for hydroxylation is 4. The number of aromatic amines is 2. The molecule has 336 valence electrons. The molecule has 0 aliphatic carbocycles. The number of hydrogen-bond donors (Lipinski definition) is 4. The Balaban J connectivity index is 0.000000196. The minimum atomic E-state index is -1.23. The van der Waals surface area contributed by atoms with E-state index >= 15 is 0 Å². The van der Waals surface area contributed by atoms with Gasteiger partial charge in [0.2, 0.25) is 0 Å². The van der Waals surface area contributed by atoms with E-state index in [9.17, 15) is 10.2 Å². The molecule has 0 atom stereocenters. The van der Waals surface area contributed by atoms with E-state index < -0.39 is 11.2 Å². The maximum atomic E-state index is 10.8. The van der Waals surface area contributed by atoms with E-state index in [2.05, 4.69) is 35.2 Å². The van der Waals surface area contributed by atoms with E-state index in [4.69, 9.17) is 40.1 Å². The van der Waals surface area contributed by atoms with Crippen LogP contribution in [0, 0.1) is 27.7 Å². The van der Waals surface area contributed by atoms with E-state index in [1.165, 1.54) is 0 Å². The lowest BCUT2D eigenvalue weighted by atomic mass is 9.98. The van der Waals surface area contributed by atoms with Gasteiger partial charge in [-0.3, -0.25) is 4.98 Å². The van der Waals surface area contributed by atoms with Gasteiger partial charge in [-0.1, -0.05) is 55.0 Å². The molecule has 0 saturated heterocycles. The van der Waals surface area contributed by atoms with Crippen molar-refractivity contribution in [3.8, 4) is 45.0 Å². The summed E-state index contributed by atoms with van der Waals surface area (Å²) < 4.78 is 22.2. The number of hydrogen-bond acceptors (Lipinski definition) is 13. The lowest BCUT2D eigenvalue weighted by molar-refractivity contribution is 0.0687. The zero-order valence-electron chi connectivity index (χ0n) is 36.3. The fourth-order valence-corrected chi connectivity index (χ4v) is 8.38. The highest BCUT2D eigenvalue weighted by atomic mass is 35.5. The van der Waals surface area contributed by atoms with Crippen LogP contribution in [0.5, 0.6) is 11.5 Å². The molecule has 65 heavy (non-hydrogen) atoms. The van der Waals surface area contributed by atoms with Gasteiger partial charge in [0.25, 0.3) is 0 Å². The maximum Gasteiger partial charge on any atom is 0.163 e. The van der Waals surface area contributed by atoms with Crippen molar-refractivity contribution in [2.24, 2.45) is 0 Å². The molecule has 0 spiro atoms. The van der Waals surface area contributed by atoms with Gasteiger partial charge in [-0.2, -0.15) is 0 Å². The highest BCUT2D eigenvalue weighted by Crippen LogP contribution is 2.44. The molecule has 10 rings (SSSR count). The van der Waals surface area contributed by atoms with Crippen molar-refractivity contribution in [3.63, 3.8) is 0 Å². The van der Waals surface area contributed by atoms with Crippen LogP contribution in [0.2, 0.25) is 5.15 Å². The van der Waals surface area contributed by atoms with Gasteiger partial charge in [0.1, 0.15) is 50.7 Å². The molecule has 7 aromatic heterocycles. The lowest BCUT2D eigenvalue weighted by Crippen LogP contribution is -2.20. The van der Waals surface area contributed by atoms with E-state index in [0.29, 0.717) is 51.2 Å². The summed E-state index contributed by atoms with van der Waals surface area (Å²) >= 11 is 6.43. The van der Waals surface area contributed by atoms with Crippen LogP contribution in [0.3, 0.4) is 0 Å². The number of pyridine rings is 1. The standard InChI is InChI=1S/C28H25N5O3.C19H19ClN4O3.2CH4/c1-14-23(15(2)36-33-14)19-12-21-18(13-22(19)35-5)24-25(31-27(28(3,4)34)32-26(24)30-21)17-10-11-29-20-9-7-6-8-16(17)20;1-8-14(9(2)27-24-8)11-6-12-10(7-13(11)26-5)15-16(20)22-18(19(3,4)25)23-17(15)21-12;;/h6-13,34H,1-5H3,(H,30,31,32);6-7,25H,1-5H3,(H,21,22,23);2*1H4. The van der Waals surface area contributed by atoms with Gasteiger partial charge < -0.3 is 38.7 Å². The van der Waals surface area contributed by atoms with E-state index in [1.54, 1.807) is 48.1 Å². The Kier molecular flexibility index (Phi) is 12.0. The summed E-state index contributed by atoms with van der Waals surface area (Å²) in [7, 11) is 3.26. The molecule has 0 aliphatic heterocycles. The fourth-order valence-electron chi connectivity index (χ4n) is 8.11. The quantitative estimate of drug-likeness (QED) is 0.110. The molecule has 0 amide bonds. The molecule has 0 unspecified atom stereocenters. The summed E-state index contributed by atoms with van der Waals surface area (Å²) in [6.07, 6.45) is 1.78. The molecule has 15 nitrogen and oxygen atoms in total. The summed E-state index contributed by atoms with van der Waals surface area (Å²) in [6, 6.07) is 17.8. The fraction of sp³-hybridized carbons (Fsp3) is 0.286. The second kappa shape index (κ2) is 16.9. The van der Waals surface area contributed by atoms with Crippen LogP contribution < -0.4 is 9.47 Å². The van der Waals surface area contributed by atoms with Crippen LogP contribution in [0.4, 0.5) is 0 Å². The van der Waals surface area contributed by atoms with Crippen LogP contribution in [0.25, 0.3) is 88.3 Å². The third-order valence-corrected chi connectivity index (χ3v) is 11.4. The number of aliphatic hydroxyl groups is 2. The molecule has 10 aromatic rings. The number of fused-ring (bicyclic) bond motifs is 7. The smallest absolute Gasteiger partial charge is 0.163 e. The van der Waals surface area contributed by atoms with Gasteiger partial charge in [-0.05, 0) is 91.8 Å². The number of aromatic nitrogens is 9. The van der Waals surface area contributed by atoms with Gasteiger partial charge in [0, 0.05) is 50.1 Å². The Labute approximate surface area is 380 Å². The number of H-pyrrole nitrogens is 2. The highest BCUT2D eigenvalue weighted by Gasteiger charge is 2.28. The lowest BCUT2D eigenvalue weighted by Gasteiger charge is -2.17. The van der Waals surface area contributed by atoms with Gasteiger partial charge >= 0.3 is 0 Å². The topological polar surface area (TPSA) is 207 Å². The maximum absolute atomic E-state index is 10.8. The Morgan fingerprint density at radius 3 is 1.60 bits per heavy atom. The predicted molar refractivity (Wildman–Crippen MR) is 256 cm³/mol. The first-order valence-electron chi connectivity index (χ1n) is 20.1. The number of rotatable bonds is 7. The molecule has 0 saturated carbocycles. The number of nitrogens with one attached hydrogen (secondary N) is 2. The average Bonchev–Trinajstić information content (AvgIpc) is 3.99. The molecule has 0 radical (unpaired) electrons. The van der Waals surface area contributed by atoms with Crippen molar-refractivity contribution < 1.29 is 28.7 Å². The molecule has 0 aliphatic rings. The summed E-state index contributed by atoms with van der Waals surface area (Å²) in [5.74, 6) is 3.37. The SMILES string of the molecule is C.C.COc1cc2c(cc1-c1c(C)noc1C)[nH]c1nc(C(C)(C)O)nc(-c3ccnc4ccccc34)c12.COc1cc2c(cc1-c1c(C)noc1C)[nH]c1nc(C(C)(C)O)nc(Cl)c12. The van der Waals surface area contributed by atoms with Crippen molar-refractivity contribution in [1.29, 1.82) is 0 Å². The van der Waals surface area contributed by atoms with Crippen LogP contribution in [0.1, 0.15) is 77.1 Å². The molecule has 3 aromatic carbocycles. The van der Waals surface area contributed by atoms with Crippen LogP contribution in [-0.2, 0) is 11.2 Å². The molecule has 16 heteroatoms. The van der Waals surface area contributed by atoms with Gasteiger partial charge in [-0.15, -0.1) is 0 Å². The third-order valence-electron chi connectivity index (χ3n) is 11.1. The molecule has 0 fully saturated rings. The number of ether oxygens (including phenoxy) is 2. The van der Waals surface area contributed by atoms with Crippen LogP contribution in [0.15, 0.2) is 69.8 Å². The second-order valence-electron chi connectivity index (χ2n) is 16.5. The molecular formula is C49H52ClN9O6. The Morgan fingerprint density at radius 1 is 0.615 bits per heavy atom. The first kappa shape index (κ1) is 46.1. The van der Waals surface area contributed by atoms with Crippen molar-refractivity contribution in [2.45, 2.75) is 81.4 Å². The molecule has 7 heterocycles. The monoisotopic (exact) mass is 897 g/mol. The number of para-hydroxylation sites is 1. The first-order valence-corrected chi connectivity index (χ1v) is 20.5. The highest BCUT2D eigenvalue weighted by molar-refractivity contribution is 6.36. The summed E-state index contributed by atoms with van der Waals surface area (Å²) in [4.78, 5) is 29.6. The molecular weight excluding hydrogens is 846 g/mol. The van der Waals surface area contributed by atoms with E-state index in [0.717, 1.165) is 77.3 Å². The zero-order chi connectivity index (χ0) is 44.7. The molecule has 0 bridgehead atoms. The van der Waals surface area contributed by atoms with Crippen molar-refractivity contribution in [3.05, 3.63) is 101 Å². The minimum absolute atomic E-state index is 0. The van der Waals surface area contributed by atoms with Gasteiger partial charge in [0.15, 0.2) is 11.6 Å². The number of nitrogens with zero attached hydrogens (tertiary/aromatic N) is 7. The second-order valence-corrected chi connectivity index (χ2v) is 16.9. The number of methoxy groups -OCH3 is 2. The normalized spacial score (nSPS) is 11.8. The number of benzene rings is 3. The summed E-state index contributed by atoms with van der Waals surface area (Å²) in [5.41, 5.74) is 8.03. The summed E-state index contributed by atoms with van der Waals surface area (Å²) in [6.45, 7) is 14.2. The Morgan fingerprint density at radius 2 is 1.11 bits per heavy atom. The number of halogens is 1. The van der Waals surface area contributed by atoms with Crippen molar-refractivity contribution in [1.82, 2.24) is 45.2 Å². The van der Waals surface area contributed by atoms with Crippen LogP contribution >= 0.6 is 11.6 Å². The van der Waals surface area contributed by atoms with Gasteiger partial charge in [-0.25, -0.2) is 19.9 Å². The Bertz CT molecular complexity index is 3380. The average molecular weight is 898 g/mol. The zero-order valence-corrected chi connectivity index (χ0v) is 37.1. The van der Waals surface area contributed by atoms with E-state index in [-0.39, 0.29) is 25.8 Å². The third kappa shape index (κ3) is 7.89. The van der Waals surface area contributed by atoms with E-state index in [1.807, 2.05) is 82.3 Å². The Hall–Kier alpha value is -6.94.